The molecule has 1 heterocycles. The summed E-state index contributed by atoms with van der Waals surface area (Å²) in [5.74, 6) is 0. The van der Waals surface area contributed by atoms with Crippen molar-refractivity contribution in [2.75, 3.05) is 20.3 Å². The first kappa shape index (κ1) is 15.2. The maximum atomic E-state index is 10.8. The lowest BCUT2D eigenvalue weighted by molar-refractivity contribution is -0.384. The second-order valence-corrected chi connectivity index (χ2v) is 4.79. The molecule has 0 saturated heterocycles. The second-order valence-electron chi connectivity index (χ2n) is 4.79. The highest BCUT2D eigenvalue weighted by molar-refractivity contribution is 5.34. The van der Waals surface area contributed by atoms with E-state index in [1.807, 2.05) is 29.1 Å². The molecule has 0 aliphatic rings. The Kier molecular flexibility index (Phi) is 5.48. The minimum atomic E-state index is -0.371. The van der Waals surface area contributed by atoms with Crippen molar-refractivity contribution in [2.45, 2.75) is 13.1 Å². The average Bonchev–Trinajstić information content (AvgIpc) is 2.91. The van der Waals surface area contributed by atoms with E-state index in [4.69, 9.17) is 4.74 Å². The van der Waals surface area contributed by atoms with Crippen LogP contribution in [-0.4, -0.2) is 29.8 Å². The average molecular weight is 289 g/mol. The molecule has 0 amide bonds. The first-order valence-electron chi connectivity index (χ1n) is 6.76. The molecule has 0 atom stereocenters. The van der Waals surface area contributed by atoms with Crippen LogP contribution in [0.1, 0.15) is 11.1 Å². The van der Waals surface area contributed by atoms with Gasteiger partial charge in [0.25, 0.3) is 5.69 Å². The summed E-state index contributed by atoms with van der Waals surface area (Å²) < 4.78 is 6.99. The topological polar surface area (TPSA) is 69.3 Å². The zero-order valence-electron chi connectivity index (χ0n) is 12.0. The maximum absolute atomic E-state index is 10.8. The molecule has 0 aliphatic heterocycles. The van der Waals surface area contributed by atoms with Crippen LogP contribution in [0.5, 0.6) is 0 Å². The van der Waals surface area contributed by atoms with Gasteiger partial charge < -0.3 is 14.6 Å². The quantitative estimate of drug-likeness (QED) is 0.459. The Bertz CT molecular complexity index is 595. The third-order valence-corrected chi connectivity index (χ3v) is 3.11. The molecule has 2 aromatic rings. The zero-order chi connectivity index (χ0) is 15.1. The van der Waals surface area contributed by atoms with Gasteiger partial charge in [-0.2, -0.15) is 0 Å². The minimum Gasteiger partial charge on any atom is -0.383 e. The Morgan fingerprint density at radius 3 is 2.95 bits per heavy atom. The molecule has 112 valence electrons. The number of nitrogens with zero attached hydrogens (tertiary/aromatic N) is 2. The second kappa shape index (κ2) is 7.56. The summed E-state index contributed by atoms with van der Waals surface area (Å²) in [6.07, 6.45) is 4.02. The fourth-order valence-corrected chi connectivity index (χ4v) is 2.08. The predicted molar refractivity (Wildman–Crippen MR) is 80.2 cm³/mol. The van der Waals surface area contributed by atoms with E-state index in [0.717, 1.165) is 18.7 Å². The van der Waals surface area contributed by atoms with Crippen LogP contribution in [0.3, 0.4) is 0 Å². The standard InChI is InChI=1S/C15H19N3O3/c1-21-8-6-16-10-14-5-7-17(12-14)11-13-3-2-4-15(9-13)18(19)20/h2-5,7,9,12,16H,6,8,10-11H2,1H3. The molecule has 1 N–H and O–H groups in total. The van der Waals surface area contributed by atoms with Crippen molar-refractivity contribution < 1.29 is 9.66 Å². The van der Waals surface area contributed by atoms with Crippen molar-refractivity contribution in [1.82, 2.24) is 9.88 Å². The van der Waals surface area contributed by atoms with E-state index in [9.17, 15) is 10.1 Å². The Balaban J connectivity index is 1.93. The molecule has 0 fully saturated rings. The highest BCUT2D eigenvalue weighted by Gasteiger charge is 2.06. The fraction of sp³-hybridized carbons (Fsp3) is 0.333. The number of ether oxygens (including phenoxy) is 1. The molecule has 21 heavy (non-hydrogen) atoms. The van der Waals surface area contributed by atoms with Crippen molar-refractivity contribution >= 4 is 5.69 Å². The number of hydrogen-bond donors (Lipinski definition) is 1. The zero-order valence-corrected chi connectivity index (χ0v) is 12.0. The third-order valence-electron chi connectivity index (χ3n) is 3.11. The van der Waals surface area contributed by atoms with Gasteiger partial charge in [0.15, 0.2) is 0 Å². The first-order valence-corrected chi connectivity index (χ1v) is 6.76. The molecule has 2 rings (SSSR count). The van der Waals surface area contributed by atoms with E-state index in [-0.39, 0.29) is 10.6 Å². The Hall–Kier alpha value is -2.18. The summed E-state index contributed by atoms with van der Waals surface area (Å²) in [4.78, 5) is 10.4. The van der Waals surface area contributed by atoms with Crippen molar-refractivity contribution in [2.24, 2.45) is 0 Å². The van der Waals surface area contributed by atoms with Crippen LogP contribution in [0.15, 0.2) is 42.7 Å². The summed E-state index contributed by atoms with van der Waals surface area (Å²) in [7, 11) is 1.68. The highest BCUT2D eigenvalue weighted by atomic mass is 16.6. The molecular formula is C15H19N3O3. The summed E-state index contributed by atoms with van der Waals surface area (Å²) in [5, 5.41) is 14.0. The number of nitrogens with one attached hydrogen (secondary N) is 1. The lowest BCUT2D eigenvalue weighted by Crippen LogP contribution is -2.18. The Morgan fingerprint density at radius 1 is 1.33 bits per heavy atom. The van der Waals surface area contributed by atoms with E-state index < -0.39 is 0 Å². The third kappa shape index (κ3) is 4.70. The van der Waals surface area contributed by atoms with Crippen molar-refractivity contribution in [1.29, 1.82) is 0 Å². The van der Waals surface area contributed by atoms with Gasteiger partial charge in [-0.25, -0.2) is 0 Å². The van der Waals surface area contributed by atoms with Crippen molar-refractivity contribution in [3.63, 3.8) is 0 Å². The van der Waals surface area contributed by atoms with Gasteiger partial charge in [-0.1, -0.05) is 12.1 Å². The lowest BCUT2D eigenvalue weighted by atomic mass is 10.2. The van der Waals surface area contributed by atoms with Gasteiger partial charge in [-0.15, -0.1) is 0 Å². The lowest BCUT2D eigenvalue weighted by Gasteiger charge is -2.04. The first-order chi connectivity index (χ1) is 10.2. The van der Waals surface area contributed by atoms with E-state index in [0.29, 0.717) is 13.2 Å². The molecule has 0 unspecified atom stereocenters. The number of rotatable bonds is 8. The van der Waals surface area contributed by atoms with Crippen LogP contribution in [0.2, 0.25) is 0 Å². The number of non-ortho nitro benzene ring substituents is 1. The molecular weight excluding hydrogens is 270 g/mol. The largest absolute Gasteiger partial charge is 0.383 e. The summed E-state index contributed by atoms with van der Waals surface area (Å²) in [5.41, 5.74) is 2.22. The van der Waals surface area contributed by atoms with E-state index >= 15 is 0 Å². The van der Waals surface area contributed by atoms with Gasteiger partial charge in [0.05, 0.1) is 11.5 Å². The van der Waals surface area contributed by atoms with Crippen LogP contribution in [-0.2, 0) is 17.8 Å². The monoisotopic (exact) mass is 289 g/mol. The van der Waals surface area contributed by atoms with Gasteiger partial charge >= 0.3 is 0 Å². The highest BCUT2D eigenvalue weighted by Crippen LogP contribution is 2.14. The number of aromatic nitrogens is 1. The van der Waals surface area contributed by atoms with Crippen molar-refractivity contribution in [3.8, 4) is 0 Å². The Labute approximate surface area is 123 Å². The van der Waals surface area contributed by atoms with Crippen LogP contribution in [0, 0.1) is 10.1 Å². The molecule has 6 heteroatoms. The SMILES string of the molecule is COCCNCc1ccn(Cc2cccc([N+](=O)[O-])c2)c1. The Morgan fingerprint density at radius 2 is 2.19 bits per heavy atom. The molecule has 0 radical (unpaired) electrons. The molecule has 1 aromatic heterocycles. The molecule has 1 aromatic carbocycles. The van der Waals surface area contributed by atoms with Gasteiger partial charge in [-0.05, 0) is 17.2 Å². The summed E-state index contributed by atoms with van der Waals surface area (Å²) in [6, 6.07) is 8.76. The molecule has 0 bridgehead atoms. The smallest absolute Gasteiger partial charge is 0.269 e. The fourth-order valence-electron chi connectivity index (χ4n) is 2.08. The van der Waals surface area contributed by atoms with Gasteiger partial charge in [0, 0.05) is 51.3 Å². The van der Waals surface area contributed by atoms with Gasteiger partial charge in [0.2, 0.25) is 0 Å². The van der Waals surface area contributed by atoms with Gasteiger partial charge in [0.1, 0.15) is 0 Å². The van der Waals surface area contributed by atoms with E-state index in [1.165, 1.54) is 11.6 Å². The number of hydrogen-bond acceptors (Lipinski definition) is 4. The molecule has 6 nitrogen and oxygen atoms in total. The number of nitro groups is 1. The minimum absolute atomic E-state index is 0.126. The van der Waals surface area contributed by atoms with Crippen molar-refractivity contribution in [3.05, 3.63) is 64.0 Å². The van der Waals surface area contributed by atoms with E-state index in [2.05, 4.69) is 5.32 Å². The number of benzene rings is 1. The molecule has 0 aliphatic carbocycles. The number of nitro benzene ring substituents is 1. The van der Waals surface area contributed by atoms with E-state index in [1.54, 1.807) is 19.2 Å². The maximum Gasteiger partial charge on any atom is 0.269 e. The van der Waals surface area contributed by atoms with Crippen LogP contribution >= 0.6 is 0 Å². The normalized spacial score (nSPS) is 10.7. The van der Waals surface area contributed by atoms with Crippen LogP contribution < -0.4 is 5.32 Å². The number of methoxy groups -OCH3 is 1. The summed E-state index contributed by atoms with van der Waals surface area (Å²) in [6.45, 7) is 2.91. The predicted octanol–water partition coefficient (Wildman–Crippen LogP) is 2.18. The molecule has 0 spiro atoms. The van der Waals surface area contributed by atoms with Crippen LogP contribution in [0.25, 0.3) is 0 Å². The van der Waals surface area contributed by atoms with Crippen LogP contribution in [0.4, 0.5) is 5.69 Å². The summed E-state index contributed by atoms with van der Waals surface area (Å²) >= 11 is 0. The van der Waals surface area contributed by atoms with Gasteiger partial charge in [-0.3, -0.25) is 10.1 Å². The molecule has 0 saturated carbocycles.